The van der Waals surface area contributed by atoms with E-state index in [0.717, 1.165) is 5.56 Å². The van der Waals surface area contributed by atoms with Crippen LogP contribution in [0.2, 0.25) is 0 Å². The normalized spacial score (nSPS) is 14.5. The van der Waals surface area contributed by atoms with Gasteiger partial charge in [-0.15, -0.1) is 0 Å². The molecule has 0 N–H and O–H groups in total. The van der Waals surface area contributed by atoms with Crippen molar-refractivity contribution in [1.82, 2.24) is 4.90 Å². The third kappa shape index (κ3) is 3.98. The maximum absolute atomic E-state index is 12.6. The number of methoxy groups -OCH3 is 1. The lowest BCUT2D eigenvalue weighted by atomic mass is 10.0. The van der Waals surface area contributed by atoms with Crippen molar-refractivity contribution < 1.29 is 23.8 Å². The van der Waals surface area contributed by atoms with Crippen molar-refractivity contribution in [2.45, 2.75) is 13.3 Å². The summed E-state index contributed by atoms with van der Waals surface area (Å²) < 4.78 is 15.2. The maximum atomic E-state index is 12.6. The Kier molecular flexibility index (Phi) is 5.77. The molecule has 2 rings (SSSR count). The Hall–Kier alpha value is -2.08. The molecule has 1 saturated heterocycles. The first-order chi connectivity index (χ1) is 10.7. The number of rotatable bonds is 5. The topological polar surface area (TPSA) is 65.1 Å². The first kappa shape index (κ1) is 16.3. The molecule has 1 fully saturated rings. The number of amides is 1. The van der Waals surface area contributed by atoms with Gasteiger partial charge in [-0.25, -0.2) is 4.79 Å². The molecule has 0 bridgehead atoms. The third-order valence-electron chi connectivity index (χ3n) is 3.57. The second-order valence-electron chi connectivity index (χ2n) is 4.94. The van der Waals surface area contributed by atoms with Crippen LogP contribution in [0.25, 0.3) is 0 Å². The van der Waals surface area contributed by atoms with Crippen molar-refractivity contribution in [3.05, 3.63) is 29.3 Å². The van der Waals surface area contributed by atoms with Gasteiger partial charge in [-0.05, 0) is 30.2 Å². The first-order valence-electron chi connectivity index (χ1n) is 7.35. The lowest BCUT2D eigenvalue weighted by Crippen LogP contribution is -2.41. The molecule has 1 aromatic carbocycles. The van der Waals surface area contributed by atoms with E-state index in [4.69, 9.17) is 9.47 Å². The molecule has 6 nitrogen and oxygen atoms in total. The van der Waals surface area contributed by atoms with E-state index >= 15 is 0 Å². The van der Waals surface area contributed by atoms with E-state index in [1.165, 1.54) is 7.11 Å². The summed E-state index contributed by atoms with van der Waals surface area (Å²) in [5.41, 5.74) is 1.58. The molecule has 0 aromatic heterocycles. The van der Waals surface area contributed by atoms with E-state index in [-0.39, 0.29) is 12.5 Å². The Bertz CT molecular complexity index is 537. The van der Waals surface area contributed by atoms with Crippen LogP contribution in [-0.4, -0.2) is 56.8 Å². The van der Waals surface area contributed by atoms with Crippen molar-refractivity contribution in [2.24, 2.45) is 0 Å². The SMILES string of the molecule is CCc1cc(OCC(=O)OC)ccc1C(=O)N1CCOCC1. The molecular weight excluding hydrogens is 286 g/mol. The fourth-order valence-electron chi connectivity index (χ4n) is 2.30. The number of carbonyl (C=O) groups excluding carboxylic acids is 2. The summed E-state index contributed by atoms with van der Waals surface area (Å²) in [6.07, 6.45) is 0.709. The molecule has 6 heteroatoms. The van der Waals surface area contributed by atoms with Crippen molar-refractivity contribution in [3.8, 4) is 5.75 Å². The monoisotopic (exact) mass is 307 g/mol. The van der Waals surface area contributed by atoms with Gasteiger partial charge in [0.15, 0.2) is 6.61 Å². The lowest BCUT2D eigenvalue weighted by Gasteiger charge is -2.27. The minimum atomic E-state index is -0.438. The predicted molar refractivity (Wildman–Crippen MR) is 80.1 cm³/mol. The highest BCUT2D eigenvalue weighted by molar-refractivity contribution is 5.96. The van der Waals surface area contributed by atoms with Gasteiger partial charge >= 0.3 is 5.97 Å². The Labute approximate surface area is 129 Å². The standard InChI is InChI=1S/C16H21NO5/c1-3-12-10-13(22-11-15(18)20-2)4-5-14(12)16(19)17-6-8-21-9-7-17/h4-5,10H,3,6-9,11H2,1-2H3. The molecule has 0 saturated carbocycles. The van der Waals surface area contributed by atoms with E-state index in [2.05, 4.69) is 4.74 Å². The Morgan fingerprint density at radius 2 is 2.00 bits per heavy atom. The van der Waals surface area contributed by atoms with Crippen molar-refractivity contribution in [2.75, 3.05) is 40.0 Å². The van der Waals surface area contributed by atoms with Crippen LogP contribution in [0.5, 0.6) is 5.75 Å². The number of morpholine rings is 1. The molecule has 1 aromatic rings. The molecule has 0 atom stereocenters. The van der Waals surface area contributed by atoms with Gasteiger partial charge in [-0.2, -0.15) is 0 Å². The molecule has 120 valence electrons. The second-order valence-corrected chi connectivity index (χ2v) is 4.94. The summed E-state index contributed by atoms with van der Waals surface area (Å²) in [4.78, 5) is 25.5. The molecule has 1 aliphatic heterocycles. The predicted octanol–water partition coefficient (Wildman–Crippen LogP) is 1.27. The molecule has 1 aliphatic rings. The minimum absolute atomic E-state index is 0.0136. The smallest absolute Gasteiger partial charge is 0.343 e. The molecular formula is C16H21NO5. The van der Waals surface area contributed by atoms with Crippen LogP contribution in [0.1, 0.15) is 22.8 Å². The quantitative estimate of drug-likeness (QED) is 0.767. The van der Waals surface area contributed by atoms with Gasteiger partial charge in [0.2, 0.25) is 0 Å². The number of hydrogen-bond donors (Lipinski definition) is 0. The van der Waals surface area contributed by atoms with Crippen LogP contribution in [0.3, 0.4) is 0 Å². The summed E-state index contributed by atoms with van der Waals surface area (Å²) in [5, 5.41) is 0. The number of ether oxygens (including phenoxy) is 3. The maximum Gasteiger partial charge on any atom is 0.343 e. The molecule has 0 radical (unpaired) electrons. The van der Waals surface area contributed by atoms with Crippen LogP contribution in [-0.2, 0) is 20.7 Å². The number of benzene rings is 1. The van der Waals surface area contributed by atoms with Crippen LogP contribution >= 0.6 is 0 Å². The summed E-state index contributed by atoms with van der Waals surface area (Å²) in [7, 11) is 1.31. The van der Waals surface area contributed by atoms with Crippen LogP contribution in [0.15, 0.2) is 18.2 Å². The molecule has 0 aliphatic carbocycles. The Morgan fingerprint density at radius 3 is 2.64 bits per heavy atom. The summed E-state index contributed by atoms with van der Waals surface area (Å²) in [6.45, 7) is 4.22. The zero-order valence-electron chi connectivity index (χ0n) is 13.0. The zero-order valence-corrected chi connectivity index (χ0v) is 13.0. The van der Waals surface area contributed by atoms with Gasteiger partial charge in [-0.1, -0.05) is 6.92 Å². The number of hydrogen-bond acceptors (Lipinski definition) is 5. The minimum Gasteiger partial charge on any atom is -0.482 e. The van der Waals surface area contributed by atoms with E-state index in [1.54, 1.807) is 23.1 Å². The lowest BCUT2D eigenvalue weighted by molar-refractivity contribution is -0.142. The van der Waals surface area contributed by atoms with E-state index in [0.29, 0.717) is 44.0 Å². The molecule has 1 amide bonds. The third-order valence-corrected chi connectivity index (χ3v) is 3.57. The van der Waals surface area contributed by atoms with Crippen LogP contribution < -0.4 is 4.74 Å². The van der Waals surface area contributed by atoms with Crippen molar-refractivity contribution in [1.29, 1.82) is 0 Å². The van der Waals surface area contributed by atoms with Gasteiger partial charge in [-0.3, -0.25) is 4.79 Å². The Balaban J connectivity index is 2.11. The van der Waals surface area contributed by atoms with E-state index in [1.807, 2.05) is 6.92 Å². The first-order valence-corrected chi connectivity index (χ1v) is 7.35. The summed E-state index contributed by atoms with van der Waals surface area (Å²) >= 11 is 0. The molecule has 0 unspecified atom stereocenters. The van der Waals surface area contributed by atoms with Gasteiger partial charge < -0.3 is 19.1 Å². The number of esters is 1. The Morgan fingerprint density at radius 1 is 1.27 bits per heavy atom. The molecule has 0 spiro atoms. The van der Waals surface area contributed by atoms with Gasteiger partial charge in [0.25, 0.3) is 5.91 Å². The molecule has 22 heavy (non-hydrogen) atoms. The van der Waals surface area contributed by atoms with Gasteiger partial charge in [0, 0.05) is 18.7 Å². The zero-order chi connectivity index (χ0) is 15.9. The van der Waals surface area contributed by atoms with Gasteiger partial charge in [0.05, 0.1) is 20.3 Å². The highest BCUT2D eigenvalue weighted by Gasteiger charge is 2.21. The van der Waals surface area contributed by atoms with Gasteiger partial charge in [0.1, 0.15) is 5.75 Å². The summed E-state index contributed by atoms with van der Waals surface area (Å²) in [6, 6.07) is 5.26. The highest BCUT2D eigenvalue weighted by Crippen LogP contribution is 2.20. The fraction of sp³-hybridized carbons (Fsp3) is 0.500. The summed E-state index contributed by atoms with van der Waals surface area (Å²) in [5.74, 6) is 0.131. The molecule has 1 heterocycles. The average molecular weight is 307 g/mol. The second kappa shape index (κ2) is 7.79. The average Bonchev–Trinajstić information content (AvgIpc) is 2.59. The van der Waals surface area contributed by atoms with Crippen LogP contribution in [0, 0.1) is 0 Å². The van der Waals surface area contributed by atoms with Crippen molar-refractivity contribution >= 4 is 11.9 Å². The number of aryl methyl sites for hydroxylation is 1. The highest BCUT2D eigenvalue weighted by atomic mass is 16.6. The largest absolute Gasteiger partial charge is 0.482 e. The fourth-order valence-corrected chi connectivity index (χ4v) is 2.30. The van der Waals surface area contributed by atoms with E-state index < -0.39 is 5.97 Å². The van der Waals surface area contributed by atoms with E-state index in [9.17, 15) is 9.59 Å². The number of nitrogens with zero attached hydrogens (tertiary/aromatic N) is 1. The van der Waals surface area contributed by atoms with Crippen molar-refractivity contribution in [3.63, 3.8) is 0 Å². The van der Waals surface area contributed by atoms with Crippen LogP contribution in [0.4, 0.5) is 0 Å². The number of carbonyl (C=O) groups is 2.